The molecule has 16 rings (SSSR count). The maximum absolute atomic E-state index is 11.0. The highest BCUT2D eigenvalue weighted by Crippen LogP contribution is 2.34. The molecule has 141 heavy (non-hydrogen) atoms. The van der Waals surface area contributed by atoms with Crippen LogP contribution in [0.1, 0.15) is 117 Å². The lowest BCUT2D eigenvalue weighted by Crippen LogP contribution is -2.17. The molecule has 7 aromatic carbocycles. The van der Waals surface area contributed by atoms with Crippen molar-refractivity contribution in [2.24, 2.45) is 5.41 Å². The molecule has 9 heterocycles. The summed E-state index contributed by atoms with van der Waals surface area (Å²) in [5, 5.41) is 15.5. The number of aryl methyl sites for hydroxylation is 8. The maximum atomic E-state index is 11.0. The zero-order valence-electron chi connectivity index (χ0n) is 79.9. The average Bonchev–Trinajstić information content (AvgIpc) is 0.784. The monoisotopic (exact) mass is 1920 g/mol. The molecule has 0 aliphatic rings. The van der Waals surface area contributed by atoms with Crippen molar-refractivity contribution in [2.75, 3.05) is 66.2 Å². The minimum absolute atomic E-state index is 0.0612. The third kappa shape index (κ3) is 42.0. The molecule has 39 nitrogen and oxygen atoms in total. The van der Waals surface area contributed by atoms with Gasteiger partial charge in [-0.3, -0.25) is 39.9 Å². The molecule has 17 N–H and O–H groups in total. The summed E-state index contributed by atoms with van der Waals surface area (Å²) < 4.78 is 22.2. The number of hydrogen-bond donors (Lipinski definition) is 9. The Hall–Kier alpha value is -18.9. The minimum Gasteiger partial charge on any atom is -0.496 e. The Balaban J connectivity index is 0.000000781. The van der Waals surface area contributed by atoms with Crippen LogP contribution in [0.4, 0.5) is 45.5 Å². The molecule has 0 atom stereocenters. The molecule has 0 fully saturated rings. The second kappa shape index (κ2) is 64.8. The third-order valence-electron chi connectivity index (χ3n) is 17.9. The molecule has 0 amide bonds. The van der Waals surface area contributed by atoms with E-state index in [1.54, 1.807) is 31.6 Å². The Labute approximate surface area is 808 Å². The largest absolute Gasteiger partial charge is 0.496 e. The molecule has 0 spiro atoms. The van der Waals surface area contributed by atoms with Crippen molar-refractivity contribution in [3.63, 3.8) is 0 Å². The van der Waals surface area contributed by atoms with E-state index in [2.05, 4.69) is 92.5 Å². The lowest BCUT2D eigenvalue weighted by molar-refractivity contribution is -0.193. The van der Waals surface area contributed by atoms with Gasteiger partial charge in [0, 0.05) is 114 Å². The van der Waals surface area contributed by atoms with Gasteiger partial charge in [0.25, 0.3) is 0 Å². The van der Waals surface area contributed by atoms with E-state index in [4.69, 9.17) is 147 Å². The molecule has 16 aromatic rings. The van der Waals surface area contributed by atoms with Gasteiger partial charge >= 0.3 is 55.2 Å². The van der Waals surface area contributed by atoms with Crippen molar-refractivity contribution in [2.45, 2.75) is 122 Å². The first kappa shape index (κ1) is 120. The van der Waals surface area contributed by atoms with Crippen molar-refractivity contribution < 1.29 is 106 Å². The maximum Gasteiger partial charge on any atom is 0.373 e. The van der Waals surface area contributed by atoms with Gasteiger partial charge in [-0.25, -0.2) is 9.78 Å². The zero-order valence-corrected chi connectivity index (χ0v) is 79.9. The lowest BCUT2D eigenvalue weighted by atomic mass is 9.98. The number of nitrogens with zero attached hydrogens (tertiary/aromatic N) is 9. The van der Waals surface area contributed by atoms with Gasteiger partial charge < -0.3 is 69.9 Å². The van der Waals surface area contributed by atoms with Crippen LogP contribution in [-0.4, -0.2) is 132 Å². The second-order valence-corrected chi connectivity index (χ2v) is 30.3. The summed E-state index contributed by atoms with van der Waals surface area (Å²) in [5.74, 6) is 2.22. The summed E-state index contributed by atoms with van der Waals surface area (Å²) >= 11 is 0. The fourth-order valence-corrected chi connectivity index (χ4v) is 12.6. The van der Waals surface area contributed by atoms with Crippen molar-refractivity contribution in [1.29, 1.82) is 0 Å². The van der Waals surface area contributed by atoms with Crippen LogP contribution in [0, 0.1) is 53.9 Å². The van der Waals surface area contributed by atoms with Crippen molar-refractivity contribution in [3.8, 4) is 23.0 Å². The van der Waals surface area contributed by atoms with E-state index in [0.717, 1.165) is 204 Å². The average molecular weight is 1920 g/mol. The van der Waals surface area contributed by atoms with Crippen LogP contribution in [0.15, 0.2) is 207 Å². The number of carboxylic acids is 1. The van der Waals surface area contributed by atoms with Gasteiger partial charge in [0.1, 0.15) is 34.1 Å². The van der Waals surface area contributed by atoms with E-state index in [0.29, 0.717) is 23.7 Å². The van der Waals surface area contributed by atoms with Crippen LogP contribution in [0.5, 0.6) is 23.0 Å². The molecule has 0 radical (unpaired) electrons. The molecular weight excluding hydrogens is 1820 g/mol. The Morgan fingerprint density at radius 1 is 0.369 bits per heavy atom. The number of carbonyl (C=O) groups is 1. The Morgan fingerprint density at radius 3 is 1.23 bits per heavy atom. The molecule has 39 heteroatoms. The number of nitrogen functional groups attached to an aromatic ring is 8. The first-order valence-corrected chi connectivity index (χ1v) is 41.8. The Bertz CT molecular complexity index is 6950. The smallest absolute Gasteiger partial charge is 0.373 e. The molecule has 0 saturated carbocycles. The number of anilines is 8. The summed E-state index contributed by atoms with van der Waals surface area (Å²) in [7, 11) is 1.63. The fraction of sp³-hybridized carbons (Fsp3) is 0.216. The number of hydrogen-bond acceptors (Lipinski definition) is 38. The highest BCUT2D eigenvalue weighted by atomic mass is 16.5. The molecule has 0 aliphatic heterocycles. The molecule has 0 bridgehead atoms. The second-order valence-electron chi connectivity index (χ2n) is 30.3. The number of carboxylic acid groups (broad SMARTS) is 1. The number of carbonyl (C=O) groups excluding carboxylic acids is 16. The van der Waals surface area contributed by atoms with Crippen LogP contribution in [0.25, 0.3) is 87.4 Å². The number of ether oxygens (including phenoxy) is 4. The van der Waals surface area contributed by atoms with Gasteiger partial charge in [-0.05, 0) is 231 Å². The Morgan fingerprint density at radius 2 is 0.766 bits per heavy atom. The van der Waals surface area contributed by atoms with Gasteiger partial charge in [-0.2, -0.15) is 76.7 Å². The molecule has 9 aromatic heterocycles. The number of rotatable bonds is 11. The van der Waals surface area contributed by atoms with E-state index in [1.807, 2.05) is 225 Å². The van der Waals surface area contributed by atoms with Crippen molar-refractivity contribution in [3.05, 3.63) is 258 Å². The standard InChI is InChI=1S/C15H20N2O.C13H14N2O2.2C12H14N2O.C11H12N2O.C11H12N2.C10H11N3.C10H10N2.8CO2/c1-10-8-11(16)14-12(17-10)6-5-7-13(14)18-9-15(2,3)4;1-2-3-8-4-5-11-9(6-8)12(14)10(7-15-11)13(16)17;1-8(2)15-9-3-4-12-10(7-9)11(13)5-6-14-12;1-2-7-15-9-3-4-12-10(8-9)11(13)5-6-14-12;1-7-6-8(12)11-9(13-7)4-3-5-10(11)14-2;1-7-4-3-5-10-11(7)9(12)6-8(2)13-10;1-6-3-4-9-10(13-6)8(11)5-7(2)12-9;1-7-6-9(11)8-4-2-3-5-10(8)12-7;8*2-1-3/h5-8H,9H2,1-4H3,(H2,16,17);4-7H,2-3H2,1H3,(H2,14,15)(H,16,17);3-8H,1-2H3,(H2,13,14);3-6,8H,2,7H2,1H3,(H2,13,14);3-6H,1-2H3,(H2,12,13);3-6H,1-2H3,(H2,12,13);3-5H,1-2H3,(H2,11,12);2-6H,1H3,(H2,11,12);;;;;;;;. The third-order valence-corrected chi connectivity index (χ3v) is 17.9. The van der Waals surface area contributed by atoms with Crippen LogP contribution < -0.4 is 64.8 Å². The summed E-state index contributed by atoms with van der Waals surface area (Å²) in [6.45, 7) is 29.7. The highest BCUT2D eigenvalue weighted by Gasteiger charge is 2.16. The predicted octanol–water partition coefficient (Wildman–Crippen LogP) is 15.1. The van der Waals surface area contributed by atoms with Gasteiger partial charge in [0.05, 0.1) is 92.7 Å². The number of fused-ring (bicyclic) bond motifs is 8. The zero-order chi connectivity index (χ0) is 106. The fourth-order valence-electron chi connectivity index (χ4n) is 12.6. The summed E-state index contributed by atoms with van der Waals surface area (Å²) in [6.07, 6.45) is 9.88. The number of nitrogens with two attached hydrogens (primary N) is 8. The lowest BCUT2D eigenvalue weighted by Gasteiger charge is -2.20. The molecule has 732 valence electrons. The van der Waals surface area contributed by atoms with Crippen LogP contribution in [0.3, 0.4) is 0 Å². The van der Waals surface area contributed by atoms with E-state index < -0.39 is 5.97 Å². The van der Waals surface area contributed by atoms with Crippen LogP contribution in [-0.2, 0) is 83.1 Å². The minimum atomic E-state index is -1.04. The number of para-hydroxylation sites is 1. The van der Waals surface area contributed by atoms with E-state index in [-0.39, 0.29) is 66.3 Å². The predicted molar refractivity (Wildman–Crippen MR) is 524 cm³/mol. The van der Waals surface area contributed by atoms with E-state index in [1.165, 1.54) is 11.8 Å². The van der Waals surface area contributed by atoms with E-state index >= 15 is 0 Å². The molecule has 0 saturated heterocycles. The van der Waals surface area contributed by atoms with Gasteiger partial charge in [-0.15, -0.1) is 0 Å². The van der Waals surface area contributed by atoms with Crippen molar-refractivity contribution in [1.82, 2.24) is 44.9 Å². The normalized spacial score (nSPS) is 9.39. The number of methoxy groups -OCH3 is 1. The summed E-state index contributed by atoms with van der Waals surface area (Å²) in [4.78, 5) is 180. The molecule has 0 aliphatic carbocycles. The Kier molecular flexibility index (Phi) is 55.2. The number of aromatic carboxylic acids is 1. The first-order chi connectivity index (χ1) is 67.1. The number of pyridine rings is 9. The molecule has 0 unspecified atom stereocenters. The van der Waals surface area contributed by atoms with Gasteiger partial charge in [0.2, 0.25) is 0 Å². The highest BCUT2D eigenvalue weighted by molar-refractivity contribution is 6.04. The van der Waals surface area contributed by atoms with Gasteiger partial charge in [-0.1, -0.05) is 89.6 Å². The molecular formula is C102H107N17O22. The van der Waals surface area contributed by atoms with Crippen LogP contribution >= 0.6 is 0 Å². The van der Waals surface area contributed by atoms with E-state index in [9.17, 15) is 4.79 Å². The number of benzene rings is 7. The summed E-state index contributed by atoms with van der Waals surface area (Å²) in [5.41, 5.74) is 68.7. The van der Waals surface area contributed by atoms with Crippen LogP contribution in [0.2, 0.25) is 0 Å². The number of aromatic nitrogens is 9. The van der Waals surface area contributed by atoms with Gasteiger partial charge in [0.15, 0.2) is 0 Å². The van der Waals surface area contributed by atoms with Crippen molar-refractivity contribution >= 4 is 188 Å². The first-order valence-electron chi connectivity index (χ1n) is 41.8. The SMILES string of the molecule is CC(C)Oc1ccc2nccc(N)c2c1.CCCOc1ccc2nccc(N)c2c1.CCCc1ccc2ncc(C(=O)O)c(N)c2c1.COc1cccc2nc(C)cc(N)c12.Cc1cc(N)c2c(C)cccc2n1.Cc1cc(N)c2c(OCC(C)(C)C)cccc2n1.Cc1cc(N)c2ccccc2n1.Cc1cc(N)c2nc(C)ccc2n1.O=C=O.O=C=O.O=C=O.O=C=O.O=C=O.O=C=O.O=C=O.O=C=O. The summed E-state index contributed by atoms with van der Waals surface area (Å²) in [6, 6.07) is 59.7. The quantitative estimate of drug-likeness (QED) is 0.0581. The topological polar surface area (TPSA) is 672 Å².